The molecule has 80 valence electrons. The summed E-state index contributed by atoms with van der Waals surface area (Å²) in [5, 5.41) is 12.2. The van der Waals surface area contributed by atoms with E-state index in [0.29, 0.717) is 6.10 Å². The van der Waals surface area contributed by atoms with Gasteiger partial charge in [0.05, 0.1) is 18.8 Å². The van der Waals surface area contributed by atoms with Crippen LogP contribution in [-0.2, 0) is 4.74 Å². The van der Waals surface area contributed by atoms with Gasteiger partial charge in [0.2, 0.25) is 0 Å². The van der Waals surface area contributed by atoms with Crippen molar-refractivity contribution in [3.05, 3.63) is 0 Å². The summed E-state index contributed by atoms with van der Waals surface area (Å²) in [6, 6.07) is 0. The van der Waals surface area contributed by atoms with Crippen molar-refractivity contribution in [3.63, 3.8) is 0 Å². The van der Waals surface area contributed by atoms with Gasteiger partial charge < -0.3 is 15.2 Å². The quantitative estimate of drug-likeness (QED) is 0.563. The molecule has 3 nitrogen and oxygen atoms in total. The average molecular weight is 189 g/mol. The molecule has 0 saturated heterocycles. The summed E-state index contributed by atoms with van der Waals surface area (Å²) in [5.74, 6) is 0. The lowest BCUT2D eigenvalue weighted by molar-refractivity contribution is 0.0807. The van der Waals surface area contributed by atoms with Gasteiger partial charge in [0, 0.05) is 6.54 Å². The number of hydrogen-bond acceptors (Lipinski definition) is 3. The molecule has 0 radical (unpaired) electrons. The van der Waals surface area contributed by atoms with Crippen LogP contribution in [0.3, 0.4) is 0 Å². The zero-order valence-corrected chi connectivity index (χ0v) is 9.05. The predicted molar refractivity (Wildman–Crippen MR) is 54.9 cm³/mol. The number of aliphatic hydroxyl groups excluding tert-OH is 1. The fourth-order valence-electron chi connectivity index (χ4n) is 1.01. The van der Waals surface area contributed by atoms with Crippen LogP contribution in [0.15, 0.2) is 0 Å². The third-order valence-electron chi connectivity index (χ3n) is 1.71. The van der Waals surface area contributed by atoms with Crippen LogP contribution in [-0.4, -0.2) is 37.0 Å². The Bertz CT molecular complexity index is 93.1. The molecule has 0 aliphatic heterocycles. The van der Waals surface area contributed by atoms with Gasteiger partial charge in [-0.05, 0) is 40.2 Å². The van der Waals surface area contributed by atoms with Gasteiger partial charge in [0.1, 0.15) is 0 Å². The summed E-state index contributed by atoms with van der Waals surface area (Å²) in [5.41, 5.74) is 0. The van der Waals surface area contributed by atoms with E-state index in [9.17, 15) is 0 Å². The summed E-state index contributed by atoms with van der Waals surface area (Å²) < 4.78 is 5.36. The molecule has 0 aromatic heterocycles. The Morgan fingerprint density at radius 1 is 1.23 bits per heavy atom. The van der Waals surface area contributed by atoms with Gasteiger partial charge in [-0.2, -0.15) is 0 Å². The van der Waals surface area contributed by atoms with Gasteiger partial charge in [0.25, 0.3) is 0 Å². The van der Waals surface area contributed by atoms with Gasteiger partial charge in [-0.1, -0.05) is 0 Å². The molecule has 3 heteroatoms. The van der Waals surface area contributed by atoms with Crippen molar-refractivity contribution in [2.24, 2.45) is 0 Å². The lowest BCUT2D eigenvalue weighted by atomic mass is 10.2. The lowest BCUT2D eigenvalue weighted by Gasteiger charge is -2.08. The highest BCUT2D eigenvalue weighted by atomic mass is 16.5. The largest absolute Gasteiger partial charge is 0.393 e. The molecule has 1 unspecified atom stereocenters. The van der Waals surface area contributed by atoms with Crippen LogP contribution in [0.1, 0.15) is 33.6 Å². The van der Waals surface area contributed by atoms with Gasteiger partial charge in [-0.25, -0.2) is 0 Å². The summed E-state index contributed by atoms with van der Waals surface area (Å²) in [6.07, 6.45) is 2.05. The smallest absolute Gasteiger partial charge is 0.0594 e. The van der Waals surface area contributed by atoms with E-state index in [2.05, 4.69) is 5.32 Å². The third kappa shape index (κ3) is 11.9. The molecule has 0 aliphatic carbocycles. The SMILES string of the molecule is CC(O)CCCNCCOC(C)C. The molecule has 1 atom stereocenters. The van der Waals surface area contributed by atoms with Crippen LogP contribution in [0.2, 0.25) is 0 Å². The van der Waals surface area contributed by atoms with Crippen molar-refractivity contribution >= 4 is 0 Å². The number of ether oxygens (including phenoxy) is 1. The van der Waals surface area contributed by atoms with Crippen molar-refractivity contribution in [1.82, 2.24) is 5.32 Å². The van der Waals surface area contributed by atoms with E-state index in [1.54, 1.807) is 0 Å². The second-order valence-electron chi connectivity index (χ2n) is 3.66. The molecule has 0 amide bonds. The molecule has 0 aromatic carbocycles. The first-order valence-electron chi connectivity index (χ1n) is 5.13. The van der Waals surface area contributed by atoms with Crippen molar-refractivity contribution < 1.29 is 9.84 Å². The van der Waals surface area contributed by atoms with Crippen LogP contribution in [0.5, 0.6) is 0 Å². The van der Waals surface area contributed by atoms with Crippen LogP contribution < -0.4 is 5.32 Å². The number of nitrogens with one attached hydrogen (secondary N) is 1. The predicted octanol–water partition coefficient (Wildman–Crippen LogP) is 1.16. The first kappa shape index (κ1) is 12.9. The summed E-state index contributed by atoms with van der Waals surface area (Å²) in [6.45, 7) is 8.53. The Labute approximate surface area is 81.5 Å². The minimum atomic E-state index is -0.172. The molecular weight excluding hydrogens is 166 g/mol. The van der Waals surface area contributed by atoms with Crippen LogP contribution >= 0.6 is 0 Å². The van der Waals surface area contributed by atoms with Gasteiger partial charge in [-0.3, -0.25) is 0 Å². The van der Waals surface area contributed by atoms with Crippen molar-refractivity contribution in [3.8, 4) is 0 Å². The number of aliphatic hydroxyl groups is 1. The van der Waals surface area contributed by atoms with Crippen molar-refractivity contribution in [1.29, 1.82) is 0 Å². The van der Waals surface area contributed by atoms with Gasteiger partial charge in [0.15, 0.2) is 0 Å². The molecule has 0 heterocycles. The molecule has 13 heavy (non-hydrogen) atoms. The molecule has 0 bridgehead atoms. The lowest BCUT2D eigenvalue weighted by Crippen LogP contribution is -2.22. The fraction of sp³-hybridized carbons (Fsp3) is 1.00. The number of hydrogen-bond donors (Lipinski definition) is 2. The molecule has 0 aliphatic rings. The molecule has 0 spiro atoms. The van der Waals surface area contributed by atoms with E-state index in [-0.39, 0.29) is 6.10 Å². The Morgan fingerprint density at radius 3 is 2.46 bits per heavy atom. The summed E-state index contributed by atoms with van der Waals surface area (Å²) >= 11 is 0. The first-order valence-corrected chi connectivity index (χ1v) is 5.13. The summed E-state index contributed by atoms with van der Waals surface area (Å²) in [7, 11) is 0. The van der Waals surface area contributed by atoms with E-state index in [0.717, 1.165) is 32.5 Å². The summed E-state index contributed by atoms with van der Waals surface area (Å²) in [4.78, 5) is 0. The zero-order chi connectivity index (χ0) is 10.1. The van der Waals surface area contributed by atoms with Crippen LogP contribution in [0.25, 0.3) is 0 Å². The molecule has 0 saturated carbocycles. The second-order valence-corrected chi connectivity index (χ2v) is 3.66. The van der Waals surface area contributed by atoms with E-state index >= 15 is 0 Å². The minimum Gasteiger partial charge on any atom is -0.393 e. The fourth-order valence-corrected chi connectivity index (χ4v) is 1.01. The minimum absolute atomic E-state index is 0.172. The standard InChI is InChI=1S/C10H23NO2/c1-9(2)13-8-7-11-6-4-5-10(3)12/h9-12H,4-8H2,1-3H3. The maximum Gasteiger partial charge on any atom is 0.0594 e. The third-order valence-corrected chi connectivity index (χ3v) is 1.71. The van der Waals surface area contributed by atoms with Gasteiger partial charge >= 0.3 is 0 Å². The van der Waals surface area contributed by atoms with Crippen LogP contribution in [0.4, 0.5) is 0 Å². The molecule has 0 rings (SSSR count). The second kappa shape index (κ2) is 8.48. The van der Waals surface area contributed by atoms with Gasteiger partial charge in [-0.15, -0.1) is 0 Å². The van der Waals surface area contributed by atoms with Crippen molar-refractivity contribution in [2.45, 2.75) is 45.8 Å². The molecular formula is C10H23NO2. The zero-order valence-electron chi connectivity index (χ0n) is 9.05. The highest BCUT2D eigenvalue weighted by Gasteiger charge is 1.95. The average Bonchev–Trinajstić information content (AvgIpc) is 2.01. The highest BCUT2D eigenvalue weighted by molar-refractivity contribution is 4.51. The monoisotopic (exact) mass is 189 g/mol. The van der Waals surface area contributed by atoms with E-state index < -0.39 is 0 Å². The Morgan fingerprint density at radius 2 is 1.92 bits per heavy atom. The highest BCUT2D eigenvalue weighted by Crippen LogP contribution is 1.93. The maximum atomic E-state index is 8.98. The van der Waals surface area contributed by atoms with Crippen molar-refractivity contribution in [2.75, 3.05) is 19.7 Å². The Hall–Kier alpha value is -0.120. The normalized spacial score (nSPS) is 13.6. The maximum absolute atomic E-state index is 8.98. The van der Waals surface area contributed by atoms with E-state index in [1.807, 2.05) is 20.8 Å². The van der Waals surface area contributed by atoms with E-state index in [1.165, 1.54) is 0 Å². The number of rotatable bonds is 8. The molecule has 0 fully saturated rings. The molecule has 0 aromatic rings. The Balaban J connectivity index is 2.92. The van der Waals surface area contributed by atoms with E-state index in [4.69, 9.17) is 9.84 Å². The molecule has 2 N–H and O–H groups in total. The van der Waals surface area contributed by atoms with Crippen LogP contribution in [0, 0.1) is 0 Å². The topological polar surface area (TPSA) is 41.5 Å². The Kier molecular flexibility index (Phi) is 8.40. The first-order chi connectivity index (χ1) is 6.13.